The lowest BCUT2D eigenvalue weighted by atomic mass is 9.65. The molecule has 12 aromatic carbocycles. The highest BCUT2D eigenvalue weighted by Gasteiger charge is 2.47. The van der Waals surface area contributed by atoms with E-state index in [1.807, 2.05) is 0 Å². The van der Waals surface area contributed by atoms with Crippen LogP contribution in [0.25, 0.3) is 111 Å². The van der Waals surface area contributed by atoms with Crippen molar-refractivity contribution < 1.29 is 0 Å². The first-order valence-electron chi connectivity index (χ1n) is 26.0. The zero-order valence-corrected chi connectivity index (χ0v) is 41.1. The molecule has 1 aliphatic carbocycles. The lowest BCUT2D eigenvalue weighted by molar-refractivity contribution is 0.771. The molecule has 0 atom stereocenters. The SMILES string of the molecule is c1ccc(-c2ccccc2C2(c3cccc(-c4ccc(-c5ccc(-n6c7ccccc7c7cc(-c8ccc9c(c8)c8ccccc8n9-c8ccccc8)ccc76)cc5)cc4)c3)c3ccccc3-c3ccccc32)cc1. The molecule has 0 N–H and O–H groups in total. The zero-order chi connectivity index (χ0) is 49.5. The number of para-hydroxylation sites is 3. The topological polar surface area (TPSA) is 9.86 Å². The van der Waals surface area contributed by atoms with Gasteiger partial charge in [0.15, 0.2) is 0 Å². The molecule has 0 amide bonds. The van der Waals surface area contributed by atoms with Crippen molar-refractivity contribution in [1.82, 2.24) is 9.13 Å². The summed E-state index contributed by atoms with van der Waals surface area (Å²) in [6.45, 7) is 0. The standard InChI is InChI=1S/C73H48N2/c1-3-18-52(19-4-1)59-24-7-12-29-66(59)73(67-30-13-8-25-60(67)61-26-9-14-31-68(61)73)56-21-17-20-53(46-56)51-36-34-49(35-37-51)50-38-42-58(43-39-50)75-70-33-16-11-28-63(70)65-48-55(41-45-72(65)75)54-40-44-71-64(47-54)62-27-10-15-32-69(62)74(71)57-22-5-2-6-23-57/h1-48H. The Hall–Kier alpha value is -9.76. The van der Waals surface area contributed by atoms with E-state index < -0.39 is 5.41 Å². The fourth-order valence-corrected chi connectivity index (χ4v) is 12.7. The van der Waals surface area contributed by atoms with E-state index in [-0.39, 0.29) is 0 Å². The Morgan fingerprint density at radius 1 is 0.213 bits per heavy atom. The first kappa shape index (κ1) is 42.9. The Labute approximate surface area is 436 Å². The molecule has 15 rings (SSSR count). The molecule has 14 aromatic rings. The third kappa shape index (κ3) is 6.66. The van der Waals surface area contributed by atoms with Crippen LogP contribution in [0.3, 0.4) is 0 Å². The van der Waals surface area contributed by atoms with E-state index in [2.05, 4.69) is 300 Å². The van der Waals surface area contributed by atoms with Gasteiger partial charge in [0.25, 0.3) is 0 Å². The molecule has 2 nitrogen and oxygen atoms in total. The third-order valence-electron chi connectivity index (χ3n) is 16.0. The summed E-state index contributed by atoms with van der Waals surface area (Å²) in [5, 5.41) is 5.00. The van der Waals surface area contributed by atoms with Gasteiger partial charge in [0.05, 0.1) is 27.5 Å². The van der Waals surface area contributed by atoms with Crippen LogP contribution in [0.4, 0.5) is 0 Å². The van der Waals surface area contributed by atoms with E-state index in [0.717, 1.165) is 5.69 Å². The summed E-state index contributed by atoms with van der Waals surface area (Å²) in [7, 11) is 0. The van der Waals surface area contributed by atoms with Crippen molar-refractivity contribution >= 4 is 43.6 Å². The molecule has 0 saturated heterocycles. The molecule has 75 heavy (non-hydrogen) atoms. The van der Waals surface area contributed by atoms with E-state index in [4.69, 9.17) is 0 Å². The van der Waals surface area contributed by atoms with Gasteiger partial charge in [0.1, 0.15) is 0 Å². The molecule has 0 aliphatic heterocycles. The molecular weight excluding hydrogens is 905 g/mol. The van der Waals surface area contributed by atoms with E-state index >= 15 is 0 Å². The van der Waals surface area contributed by atoms with Gasteiger partial charge in [0.2, 0.25) is 0 Å². The minimum absolute atomic E-state index is 0.530. The van der Waals surface area contributed by atoms with Crippen LogP contribution < -0.4 is 0 Å². The maximum absolute atomic E-state index is 2.43. The number of hydrogen-bond acceptors (Lipinski definition) is 0. The van der Waals surface area contributed by atoms with Crippen LogP contribution in [0.15, 0.2) is 291 Å². The maximum Gasteiger partial charge on any atom is 0.0719 e. The summed E-state index contributed by atoms with van der Waals surface area (Å²) in [6, 6.07) is 108. The number of nitrogens with zero attached hydrogens (tertiary/aromatic N) is 2. The van der Waals surface area contributed by atoms with Gasteiger partial charge in [-0.3, -0.25) is 0 Å². The first-order valence-corrected chi connectivity index (χ1v) is 26.0. The predicted octanol–water partition coefficient (Wildman–Crippen LogP) is 18.9. The monoisotopic (exact) mass is 952 g/mol. The largest absolute Gasteiger partial charge is 0.309 e. The second kappa shape index (κ2) is 17.2. The Balaban J connectivity index is 0.771. The van der Waals surface area contributed by atoms with E-state index in [0.29, 0.717) is 0 Å². The van der Waals surface area contributed by atoms with E-state index in [9.17, 15) is 0 Å². The molecule has 0 fully saturated rings. The van der Waals surface area contributed by atoms with Crippen LogP contribution in [-0.2, 0) is 5.41 Å². The average Bonchev–Trinajstić information content (AvgIpc) is 4.28. The summed E-state index contributed by atoms with van der Waals surface area (Å²) in [5.41, 5.74) is 24.0. The minimum Gasteiger partial charge on any atom is -0.309 e. The lowest BCUT2D eigenvalue weighted by Crippen LogP contribution is -2.29. The minimum atomic E-state index is -0.530. The summed E-state index contributed by atoms with van der Waals surface area (Å²) in [5.74, 6) is 0. The van der Waals surface area contributed by atoms with Gasteiger partial charge in [-0.2, -0.15) is 0 Å². The number of benzene rings is 12. The lowest BCUT2D eigenvalue weighted by Gasteiger charge is -2.36. The van der Waals surface area contributed by atoms with Crippen molar-refractivity contribution in [2.75, 3.05) is 0 Å². The van der Waals surface area contributed by atoms with Crippen molar-refractivity contribution in [3.63, 3.8) is 0 Å². The number of rotatable bonds is 8. The molecule has 2 aromatic heterocycles. The normalized spacial score (nSPS) is 12.6. The first-order chi connectivity index (χ1) is 37.2. The average molecular weight is 953 g/mol. The number of fused-ring (bicyclic) bond motifs is 9. The van der Waals surface area contributed by atoms with Crippen molar-refractivity contribution in [2.24, 2.45) is 0 Å². The van der Waals surface area contributed by atoms with Crippen LogP contribution >= 0.6 is 0 Å². The summed E-state index contributed by atoms with van der Waals surface area (Å²) < 4.78 is 4.79. The van der Waals surface area contributed by atoms with Crippen LogP contribution in [0.5, 0.6) is 0 Å². The summed E-state index contributed by atoms with van der Waals surface area (Å²) in [6.07, 6.45) is 0. The smallest absolute Gasteiger partial charge is 0.0719 e. The fourth-order valence-electron chi connectivity index (χ4n) is 12.7. The highest BCUT2D eigenvalue weighted by atomic mass is 15.0. The second-order valence-corrected chi connectivity index (χ2v) is 20.0. The molecule has 0 radical (unpaired) electrons. The molecule has 1 aliphatic rings. The van der Waals surface area contributed by atoms with Gasteiger partial charge in [-0.05, 0) is 145 Å². The van der Waals surface area contributed by atoms with E-state index in [1.54, 1.807) is 0 Å². The fraction of sp³-hybridized carbons (Fsp3) is 0.0137. The number of hydrogen-bond donors (Lipinski definition) is 0. The Kier molecular flexibility index (Phi) is 9.83. The summed E-state index contributed by atoms with van der Waals surface area (Å²) in [4.78, 5) is 0. The van der Waals surface area contributed by atoms with Gasteiger partial charge in [0, 0.05) is 32.9 Å². The molecular formula is C73H48N2. The molecule has 0 unspecified atom stereocenters. The highest BCUT2D eigenvalue weighted by Crippen LogP contribution is 2.58. The quantitative estimate of drug-likeness (QED) is 0.144. The van der Waals surface area contributed by atoms with Gasteiger partial charge in [-0.15, -0.1) is 0 Å². The maximum atomic E-state index is 2.43. The molecule has 2 heteroatoms. The molecule has 0 spiro atoms. The van der Waals surface area contributed by atoms with Gasteiger partial charge in [-0.25, -0.2) is 0 Å². The molecule has 350 valence electrons. The summed E-state index contributed by atoms with van der Waals surface area (Å²) >= 11 is 0. The second-order valence-electron chi connectivity index (χ2n) is 20.0. The predicted molar refractivity (Wildman–Crippen MR) is 314 cm³/mol. The zero-order valence-electron chi connectivity index (χ0n) is 41.1. The Bertz CT molecular complexity index is 4450. The molecule has 0 saturated carbocycles. The van der Waals surface area contributed by atoms with Crippen LogP contribution in [0.1, 0.15) is 22.3 Å². The van der Waals surface area contributed by atoms with Crippen molar-refractivity contribution in [3.8, 4) is 67.0 Å². The van der Waals surface area contributed by atoms with Gasteiger partial charge in [-0.1, -0.05) is 224 Å². The number of aromatic nitrogens is 2. The third-order valence-corrected chi connectivity index (χ3v) is 16.0. The van der Waals surface area contributed by atoms with Crippen LogP contribution in [0, 0.1) is 0 Å². The van der Waals surface area contributed by atoms with Crippen LogP contribution in [-0.4, -0.2) is 9.13 Å². The van der Waals surface area contributed by atoms with Crippen molar-refractivity contribution in [1.29, 1.82) is 0 Å². The Morgan fingerprint density at radius 2 is 0.587 bits per heavy atom. The molecule has 0 bridgehead atoms. The molecule has 2 heterocycles. The highest BCUT2D eigenvalue weighted by molar-refractivity contribution is 6.13. The Morgan fingerprint density at radius 3 is 1.15 bits per heavy atom. The van der Waals surface area contributed by atoms with Crippen LogP contribution in [0.2, 0.25) is 0 Å². The van der Waals surface area contributed by atoms with Crippen molar-refractivity contribution in [3.05, 3.63) is 313 Å². The van der Waals surface area contributed by atoms with Gasteiger partial charge < -0.3 is 9.13 Å². The van der Waals surface area contributed by atoms with E-state index in [1.165, 1.54) is 127 Å². The van der Waals surface area contributed by atoms with Crippen molar-refractivity contribution in [2.45, 2.75) is 5.41 Å². The van der Waals surface area contributed by atoms with Gasteiger partial charge >= 0.3 is 0 Å².